The SMILES string of the molecule is CC(C)(C)C(OC(=O)C1(C(=O)O)CCCC1)OC1CCCC1. The second-order valence-corrected chi connectivity index (χ2v) is 7.74. The van der Waals surface area contributed by atoms with E-state index in [-0.39, 0.29) is 11.5 Å². The van der Waals surface area contributed by atoms with Crippen LogP contribution in [0.3, 0.4) is 0 Å². The zero-order chi connectivity index (χ0) is 16.4. The monoisotopic (exact) mass is 312 g/mol. The molecule has 1 unspecified atom stereocenters. The molecule has 2 saturated carbocycles. The van der Waals surface area contributed by atoms with E-state index in [4.69, 9.17) is 9.47 Å². The number of carbonyl (C=O) groups is 2. The second kappa shape index (κ2) is 6.57. The van der Waals surface area contributed by atoms with Crippen molar-refractivity contribution in [3.05, 3.63) is 0 Å². The number of carbonyl (C=O) groups excluding carboxylic acids is 1. The van der Waals surface area contributed by atoms with Crippen molar-refractivity contribution in [1.82, 2.24) is 0 Å². The molecule has 0 bridgehead atoms. The second-order valence-electron chi connectivity index (χ2n) is 7.74. The Labute approximate surface area is 132 Å². The Bertz CT molecular complexity index is 411. The molecule has 0 spiro atoms. The fourth-order valence-corrected chi connectivity index (χ4v) is 3.30. The van der Waals surface area contributed by atoms with Crippen LogP contribution in [-0.4, -0.2) is 29.4 Å². The fraction of sp³-hybridized carbons (Fsp3) is 0.882. The van der Waals surface area contributed by atoms with Gasteiger partial charge in [-0.1, -0.05) is 46.5 Å². The van der Waals surface area contributed by atoms with Crippen molar-refractivity contribution in [2.75, 3.05) is 0 Å². The summed E-state index contributed by atoms with van der Waals surface area (Å²) in [7, 11) is 0. The van der Waals surface area contributed by atoms with Gasteiger partial charge in [-0.05, 0) is 25.7 Å². The van der Waals surface area contributed by atoms with Crippen molar-refractivity contribution in [2.45, 2.75) is 84.5 Å². The number of aliphatic carboxylic acids is 1. The van der Waals surface area contributed by atoms with Crippen LogP contribution in [0.5, 0.6) is 0 Å². The normalized spacial score (nSPS) is 23.4. The minimum absolute atomic E-state index is 0.112. The Morgan fingerprint density at radius 1 is 1.09 bits per heavy atom. The number of carboxylic acid groups (broad SMARTS) is 1. The number of hydrogen-bond donors (Lipinski definition) is 1. The summed E-state index contributed by atoms with van der Waals surface area (Å²) in [5.41, 5.74) is -1.75. The van der Waals surface area contributed by atoms with Crippen LogP contribution in [0.4, 0.5) is 0 Å². The van der Waals surface area contributed by atoms with Crippen LogP contribution in [0.15, 0.2) is 0 Å². The predicted molar refractivity (Wildman–Crippen MR) is 81.2 cm³/mol. The van der Waals surface area contributed by atoms with E-state index >= 15 is 0 Å². The van der Waals surface area contributed by atoms with E-state index in [0.717, 1.165) is 38.5 Å². The summed E-state index contributed by atoms with van der Waals surface area (Å²) in [5.74, 6) is -1.70. The molecule has 2 aliphatic rings. The van der Waals surface area contributed by atoms with E-state index in [2.05, 4.69) is 0 Å². The number of carboxylic acids is 1. The van der Waals surface area contributed by atoms with Crippen molar-refractivity contribution in [3.63, 3.8) is 0 Å². The van der Waals surface area contributed by atoms with Gasteiger partial charge in [-0.15, -0.1) is 0 Å². The highest BCUT2D eigenvalue weighted by molar-refractivity contribution is 5.99. The largest absolute Gasteiger partial charge is 0.480 e. The summed E-state index contributed by atoms with van der Waals surface area (Å²) < 4.78 is 11.6. The fourth-order valence-electron chi connectivity index (χ4n) is 3.30. The number of hydrogen-bond acceptors (Lipinski definition) is 4. The molecule has 1 atom stereocenters. The van der Waals surface area contributed by atoms with Gasteiger partial charge in [0.25, 0.3) is 0 Å². The van der Waals surface area contributed by atoms with Gasteiger partial charge in [0.1, 0.15) is 0 Å². The maximum absolute atomic E-state index is 12.6. The Morgan fingerprint density at radius 3 is 2.09 bits per heavy atom. The van der Waals surface area contributed by atoms with Gasteiger partial charge in [-0.2, -0.15) is 0 Å². The van der Waals surface area contributed by atoms with Gasteiger partial charge in [0, 0.05) is 5.41 Å². The van der Waals surface area contributed by atoms with Crippen molar-refractivity contribution in [1.29, 1.82) is 0 Å². The van der Waals surface area contributed by atoms with Gasteiger partial charge in [0.2, 0.25) is 6.29 Å². The third kappa shape index (κ3) is 3.62. The van der Waals surface area contributed by atoms with Crippen molar-refractivity contribution in [3.8, 4) is 0 Å². The Morgan fingerprint density at radius 2 is 1.64 bits per heavy atom. The smallest absolute Gasteiger partial charge is 0.325 e. The topological polar surface area (TPSA) is 72.8 Å². The molecule has 0 aliphatic heterocycles. The molecule has 126 valence electrons. The molecule has 0 saturated heterocycles. The molecule has 2 aliphatic carbocycles. The highest BCUT2D eigenvalue weighted by Crippen LogP contribution is 2.41. The van der Waals surface area contributed by atoms with E-state index in [9.17, 15) is 14.7 Å². The molecule has 0 aromatic heterocycles. The molecule has 0 aromatic rings. The van der Waals surface area contributed by atoms with Crippen LogP contribution in [0, 0.1) is 10.8 Å². The van der Waals surface area contributed by atoms with Gasteiger partial charge < -0.3 is 14.6 Å². The molecule has 0 amide bonds. The average Bonchev–Trinajstić information content (AvgIpc) is 3.08. The first kappa shape index (κ1) is 17.3. The highest BCUT2D eigenvalue weighted by atomic mass is 16.7. The van der Waals surface area contributed by atoms with Crippen molar-refractivity contribution >= 4 is 11.9 Å². The maximum Gasteiger partial charge on any atom is 0.325 e. The lowest BCUT2D eigenvalue weighted by atomic mass is 9.86. The summed E-state index contributed by atoms with van der Waals surface area (Å²) in [6.07, 6.45) is 5.88. The molecule has 0 aromatic carbocycles. The van der Waals surface area contributed by atoms with Crippen molar-refractivity contribution in [2.24, 2.45) is 10.8 Å². The Balaban J connectivity index is 2.08. The molecule has 5 heteroatoms. The van der Waals surface area contributed by atoms with E-state index in [1.165, 1.54) is 0 Å². The summed E-state index contributed by atoms with van der Waals surface area (Å²) in [6.45, 7) is 5.84. The van der Waals surface area contributed by atoms with Crippen molar-refractivity contribution < 1.29 is 24.2 Å². The van der Waals surface area contributed by atoms with E-state index in [1.807, 2.05) is 20.8 Å². The van der Waals surface area contributed by atoms with Crippen LogP contribution >= 0.6 is 0 Å². The summed E-state index contributed by atoms with van der Waals surface area (Å²) in [6, 6.07) is 0. The molecular weight excluding hydrogens is 284 g/mol. The van der Waals surface area contributed by atoms with Crippen LogP contribution in [0.1, 0.15) is 72.1 Å². The third-order valence-corrected chi connectivity index (χ3v) is 4.80. The quantitative estimate of drug-likeness (QED) is 0.478. The molecular formula is C17H28O5. The minimum Gasteiger partial charge on any atom is -0.480 e. The van der Waals surface area contributed by atoms with E-state index < -0.39 is 23.6 Å². The van der Waals surface area contributed by atoms with E-state index in [1.54, 1.807) is 0 Å². The van der Waals surface area contributed by atoms with Gasteiger partial charge in [-0.25, -0.2) is 0 Å². The van der Waals surface area contributed by atoms with Crippen LogP contribution in [0.25, 0.3) is 0 Å². The molecule has 22 heavy (non-hydrogen) atoms. The third-order valence-electron chi connectivity index (χ3n) is 4.80. The summed E-state index contributed by atoms with van der Waals surface area (Å²) >= 11 is 0. The molecule has 2 rings (SSSR count). The standard InChI is InChI=1S/C17H28O5/c1-16(2,3)15(21-12-8-4-5-9-12)22-14(20)17(13(18)19)10-6-7-11-17/h12,15H,4-11H2,1-3H3,(H,18,19). The van der Waals surface area contributed by atoms with Crippen LogP contribution < -0.4 is 0 Å². The lowest BCUT2D eigenvalue weighted by Gasteiger charge is -2.34. The number of esters is 1. The van der Waals surface area contributed by atoms with Gasteiger partial charge in [0.05, 0.1) is 6.10 Å². The molecule has 2 fully saturated rings. The number of rotatable bonds is 5. The van der Waals surface area contributed by atoms with E-state index in [0.29, 0.717) is 12.8 Å². The summed E-state index contributed by atoms with van der Waals surface area (Å²) in [5, 5.41) is 9.49. The number of ether oxygens (including phenoxy) is 2. The maximum atomic E-state index is 12.6. The lowest BCUT2D eigenvalue weighted by molar-refractivity contribution is -0.226. The van der Waals surface area contributed by atoms with Crippen LogP contribution in [0.2, 0.25) is 0 Å². The Hall–Kier alpha value is -1.10. The predicted octanol–water partition coefficient (Wildman–Crippen LogP) is 3.51. The first-order valence-electron chi connectivity index (χ1n) is 8.36. The molecule has 5 nitrogen and oxygen atoms in total. The molecule has 1 N–H and O–H groups in total. The first-order valence-corrected chi connectivity index (χ1v) is 8.36. The minimum atomic E-state index is -1.37. The Kier molecular flexibility index (Phi) is 5.15. The van der Waals surface area contributed by atoms with Gasteiger partial charge in [0.15, 0.2) is 5.41 Å². The summed E-state index contributed by atoms with van der Waals surface area (Å²) in [4.78, 5) is 24.2. The first-order chi connectivity index (χ1) is 10.3. The zero-order valence-electron chi connectivity index (χ0n) is 13.9. The highest BCUT2D eigenvalue weighted by Gasteiger charge is 2.51. The zero-order valence-corrected chi connectivity index (χ0v) is 13.9. The van der Waals surface area contributed by atoms with Gasteiger partial charge >= 0.3 is 11.9 Å². The lowest BCUT2D eigenvalue weighted by Crippen LogP contribution is -2.44. The van der Waals surface area contributed by atoms with Crippen LogP contribution in [-0.2, 0) is 19.1 Å². The average molecular weight is 312 g/mol. The molecule has 0 heterocycles. The van der Waals surface area contributed by atoms with Gasteiger partial charge in [-0.3, -0.25) is 9.59 Å². The molecule has 0 radical (unpaired) electrons.